The third-order valence-electron chi connectivity index (χ3n) is 2.81. The SMILES string of the molecule is O=C(COC(=O)Cc1cccc(F)c1)Nc1ccc(Br)cc1Cl. The molecule has 1 N–H and O–H groups in total. The summed E-state index contributed by atoms with van der Waals surface area (Å²) in [6.07, 6.45) is -0.107. The maximum absolute atomic E-state index is 13.0. The summed E-state index contributed by atoms with van der Waals surface area (Å²) in [5.74, 6) is -1.56. The first-order valence-electron chi connectivity index (χ1n) is 6.59. The molecule has 0 saturated heterocycles. The molecule has 0 aliphatic rings. The number of hydrogen-bond donors (Lipinski definition) is 1. The number of carbonyl (C=O) groups is 2. The monoisotopic (exact) mass is 399 g/mol. The summed E-state index contributed by atoms with van der Waals surface area (Å²) in [7, 11) is 0. The smallest absolute Gasteiger partial charge is 0.310 e. The van der Waals surface area contributed by atoms with Gasteiger partial charge in [-0.3, -0.25) is 9.59 Å². The molecule has 0 radical (unpaired) electrons. The maximum Gasteiger partial charge on any atom is 0.310 e. The van der Waals surface area contributed by atoms with Crippen LogP contribution in [-0.2, 0) is 20.7 Å². The first-order chi connectivity index (χ1) is 10.9. The zero-order valence-electron chi connectivity index (χ0n) is 11.8. The summed E-state index contributed by atoms with van der Waals surface area (Å²) in [4.78, 5) is 23.4. The Bertz CT molecular complexity index is 739. The van der Waals surface area contributed by atoms with Crippen molar-refractivity contribution in [2.24, 2.45) is 0 Å². The summed E-state index contributed by atoms with van der Waals surface area (Å²) in [6, 6.07) is 10.6. The lowest BCUT2D eigenvalue weighted by atomic mass is 10.1. The highest BCUT2D eigenvalue weighted by Gasteiger charge is 2.11. The molecular weight excluding hydrogens is 389 g/mol. The second kappa shape index (κ2) is 8.08. The molecule has 0 aromatic heterocycles. The van der Waals surface area contributed by atoms with Gasteiger partial charge in [-0.2, -0.15) is 0 Å². The number of anilines is 1. The molecule has 0 aliphatic carbocycles. The van der Waals surface area contributed by atoms with Crippen LogP contribution in [0, 0.1) is 5.82 Å². The summed E-state index contributed by atoms with van der Waals surface area (Å²) in [5.41, 5.74) is 0.896. The van der Waals surface area contributed by atoms with Crippen molar-refractivity contribution in [3.05, 3.63) is 63.3 Å². The Morgan fingerprint density at radius 1 is 1.22 bits per heavy atom. The number of nitrogens with one attached hydrogen (secondary N) is 1. The molecule has 23 heavy (non-hydrogen) atoms. The molecule has 0 bridgehead atoms. The van der Waals surface area contributed by atoms with Gasteiger partial charge in [-0.05, 0) is 35.9 Å². The lowest BCUT2D eigenvalue weighted by Gasteiger charge is -2.08. The van der Waals surface area contributed by atoms with E-state index in [4.69, 9.17) is 16.3 Å². The van der Waals surface area contributed by atoms with Crippen LogP contribution in [0.2, 0.25) is 5.02 Å². The highest BCUT2D eigenvalue weighted by atomic mass is 79.9. The van der Waals surface area contributed by atoms with Crippen molar-refractivity contribution >= 4 is 45.1 Å². The van der Waals surface area contributed by atoms with Gasteiger partial charge in [0.15, 0.2) is 6.61 Å². The zero-order chi connectivity index (χ0) is 16.8. The van der Waals surface area contributed by atoms with E-state index >= 15 is 0 Å². The molecule has 0 spiro atoms. The standard InChI is InChI=1S/C16H12BrClFNO3/c17-11-4-5-14(13(18)8-11)20-15(21)9-23-16(22)7-10-2-1-3-12(19)6-10/h1-6,8H,7,9H2,(H,20,21). The number of esters is 1. The molecule has 0 atom stereocenters. The van der Waals surface area contributed by atoms with Crippen molar-refractivity contribution in [2.75, 3.05) is 11.9 Å². The third-order valence-corrected chi connectivity index (χ3v) is 3.61. The number of ether oxygens (including phenoxy) is 1. The predicted molar refractivity (Wildman–Crippen MR) is 88.8 cm³/mol. The van der Waals surface area contributed by atoms with Gasteiger partial charge in [-0.1, -0.05) is 39.7 Å². The van der Waals surface area contributed by atoms with E-state index in [2.05, 4.69) is 21.2 Å². The number of rotatable bonds is 5. The van der Waals surface area contributed by atoms with Gasteiger partial charge in [0.05, 0.1) is 17.1 Å². The van der Waals surface area contributed by atoms with Gasteiger partial charge in [0.2, 0.25) is 0 Å². The Labute approximate surface area is 145 Å². The fourth-order valence-corrected chi connectivity index (χ4v) is 2.51. The fraction of sp³-hybridized carbons (Fsp3) is 0.125. The Morgan fingerprint density at radius 3 is 2.70 bits per heavy atom. The average Bonchev–Trinajstić information content (AvgIpc) is 2.48. The van der Waals surface area contributed by atoms with E-state index in [1.165, 1.54) is 18.2 Å². The lowest BCUT2D eigenvalue weighted by molar-refractivity contribution is -0.146. The first-order valence-corrected chi connectivity index (χ1v) is 7.76. The van der Waals surface area contributed by atoms with E-state index in [9.17, 15) is 14.0 Å². The number of halogens is 3. The van der Waals surface area contributed by atoms with E-state index in [-0.39, 0.29) is 6.42 Å². The van der Waals surface area contributed by atoms with Crippen molar-refractivity contribution in [1.82, 2.24) is 0 Å². The van der Waals surface area contributed by atoms with Crippen LogP contribution in [0.4, 0.5) is 10.1 Å². The van der Waals surface area contributed by atoms with E-state index < -0.39 is 24.3 Å². The van der Waals surface area contributed by atoms with E-state index in [1.807, 2.05) is 0 Å². The summed E-state index contributed by atoms with van der Waals surface area (Å²) in [5, 5.41) is 2.90. The Kier molecular flexibility index (Phi) is 6.12. The first kappa shape index (κ1) is 17.4. The predicted octanol–water partition coefficient (Wildman–Crippen LogP) is 3.97. The van der Waals surface area contributed by atoms with Gasteiger partial charge in [0.1, 0.15) is 5.82 Å². The van der Waals surface area contributed by atoms with Gasteiger partial charge in [0, 0.05) is 4.47 Å². The minimum Gasteiger partial charge on any atom is -0.455 e. The molecule has 2 rings (SSSR count). The maximum atomic E-state index is 13.0. The number of hydrogen-bond acceptors (Lipinski definition) is 3. The van der Waals surface area contributed by atoms with Crippen LogP contribution in [0.5, 0.6) is 0 Å². The Balaban J connectivity index is 1.83. The Morgan fingerprint density at radius 2 is 2.00 bits per heavy atom. The van der Waals surface area contributed by atoms with Crippen LogP contribution in [0.15, 0.2) is 46.9 Å². The normalized spacial score (nSPS) is 10.2. The number of carbonyl (C=O) groups excluding carboxylic acids is 2. The fourth-order valence-electron chi connectivity index (χ4n) is 1.79. The molecule has 1 amide bonds. The van der Waals surface area contributed by atoms with Crippen molar-refractivity contribution in [3.63, 3.8) is 0 Å². The van der Waals surface area contributed by atoms with E-state index in [1.54, 1.807) is 24.3 Å². The average molecular weight is 401 g/mol. The molecule has 120 valence electrons. The number of amides is 1. The molecule has 0 unspecified atom stereocenters. The second-order valence-electron chi connectivity index (χ2n) is 4.64. The summed E-state index contributed by atoms with van der Waals surface area (Å²) < 4.78 is 18.6. The van der Waals surface area contributed by atoms with Crippen LogP contribution < -0.4 is 5.32 Å². The van der Waals surface area contributed by atoms with E-state index in [0.717, 1.165) is 4.47 Å². The highest BCUT2D eigenvalue weighted by Crippen LogP contribution is 2.25. The van der Waals surface area contributed by atoms with Gasteiger partial charge in [-0.25, -0.2) is 4.39 Å². The van der Waals surface area contributed by atoms with Gasteiger partial charge >= 0.3 is 5.97 Å². The molecule has 2 aromatic rings. The third kappa shape index (κ3) is 5.65. The lowest BCUT2D eigenvalue weighted by Crippen LogP contribution is -2.21. The molecule has 0 saturated carbocycles. The van der Waals surface area contributed by atoms with Crippen molar-refractivity contribution < 1.29 is 18.7 Å². The quantitative estimate of drug-likeness (QED) is 0.773. The van der Waals surface area contributed by atoms with Crippen molar-refractivity contribution in [3.8, 4) is 0 Å². The van der Waals surface area contributed by atoms with Crippen LogP contribution in [0.1, 0.15) is 5.56 Å². The molecule has 0 heterocycles. The summed E-state index contributed by atoms with van der Waals surface area (Å²) >= 11 is 9.23. The van der Waals surface area contributed by atoms with Gasteiger partial charge < -0.3 is 10.1 Å². The Hall–Kier alpha value is -1.92. The molecule has 2 aromatic carbocycles. The zero-order valence-corrected chi connectivity index (χ0v) is 14.2. The molecule has 4 nitrogen and oxygen atoms in total. The molecule has 0 aliphatic heterocycles. The largest absolute Gasteiger partial charge is 0.455 e. The minimum atomic E-state index is -0.618. The number of benzene rings is 2. The highest BCUT2D eigenvalue weighted by molar-refractivity contribution is 9.10. The van der Waals surface area contributed by atoms with Crippen LogP contribution in [0.25, 0.3) is 0 Å². The van der Waals surface area contributed by atoms with Crippen molar-refractivity contribution in [2.45, 2.75) is 6.42 Å². The van der Waals surface area contributed by atoms with Crippen LogP contribution in [0.3, 0.4) is 0 Å². The summed E-state index contributed by atoms with van der Waals surface area (Å²) in [6.45, 7) is -0.444. The van der Waals surface area contributed by atoms with Gasteiger partial charge in [0.25, 0.3) is 5.91 Å². The van der Waals surface area contributed by atoms with Crippen LogP contribution in [-0.4, -0.2) is 18.5 Å². The van der Waals surface area contributed by atoms with Crippen LogP contribution >= 0.6 is 27.5 Å². The topological polar surface area (TPSA) is 55.4 Å². The van der Waals surface area contributed by atoms with Crippen molar-refractivity contribution in [1.29, 1.82) is 0 Å². The minimum absolute atomic E-state index is 0.107. The van der Waals surface area contributed by atoms with E-state index in [0.29, 0.717) is 16.3 Å². The van der Waals surface area contributed by atoms with Gasteiger partial charge in [-0.15, -0.1) is 0 Å². The molecule has 7 heteroatoms. The molecular formula is C16H12BrClFNO3. The second-order valence-corrected chi connectivity index (χ2v) is 5.96. The molecule has 0 fully saturated rings.